The van der Waals surface area contributed by atoms with Gasteiger partial charge in [-0.2, -0.15) is 0 Å². The number of benzene rings is 1. The second-order valence-corrected chi connectivity index (χ2v) is 4.50. The molecule has 1 aromatic heterocycles. The fraction of sp³-hybridized carbons (Fsp3) is 0.250. The minimum atomic E-state index is 0.00343. The maximum Gasteiger partial charge on any atom is 0.230 e. The fourth-order valence-electron chi connectivity index (χ4n) is 1.55. The van der Waals surface area contributed by atoms with E-state index in [1.807, 2.05) is 38.1 Å². The highest BCUT2D eigenvalue weighted by Gasteiger charge is 2.09. The van der Waals surface area contributed by atoms with Crippen LogP contribution in [-0.2, 0) is 0 Å². The van der Waals surface area contributed by atoms with Gasteiger partial charge in [-0.1, -0.05) is 12.1 Å². The average molecular weight is 220 g/mol. The zero-order valence-electron chi connectivity index (χ0n) is 8.74. The van der Waals surface area contributed by atoms with Crippen molar-refractivity contribution >= 4 is 21.4 Å². The Morgan fingerprint density at radius 1 is 1.33 bits per heavy atom. The summed E-state index contributed by atoms with van der Waals surface area (Å²) in [6, 6.07) is 7.62. The lowest BCUT2D eigenvalue weighted by molar-refractivity contribution is 0.336. The quantitative estimate of drug-likeness (QED) is 0.777. The van der Waals surface area contributed by atoms with Gasteiger partial charge in [0.2, 0.25) is 5.43 Å². The van der Waals surface area contributed by atoms with Gasteiger partial charge in [-0.25, -0.2) is 0 Å². The molecule has 0 atom stereocenters. The van der Waals surface area contributed by atoms with Gasteiger partial charge in [0, 0.05) is 15.0 Å². The number of fused-ring (bicyclic) bond motifs is 1. The molecule has 0 amide bonds. The Labute approximate surface area is 92.1 Å². The van der Waals surface area contributed by atoms with Gasteiger partial charge in [-0.15, -0.1) is 11.3 Å². The fourth-order valence-corrected chi connectivity index (χ4v) is 2.54. The van der Waals surface area contributed by atoms with Crippen molar-refractivity contribution in [1.82, 2.24) is 0 Å². The monoisotopic (exact) mass is 220 g/mol. The molecule has 0 aliphatic rings. The van der Waals surface area contributed by atoms with Crippen LogP contribution >= 0.6 is 11.3 Å². The second kappa shape index (κ2) is 4.03. The van der Waals surface area contributed by atoms with Crippen LogP contribution in [-0.4, -0.2) is 6.61 Å². The minimum Gasteiger partial charge on any atom is -0.489 e. The van der Waals surface area contributed by atoms with Gasteiger partial charge in [-0.3, -0.25) is 4.79 Å². The number of rotatable bonds is 2. The van der Waals surface area contributed by atoms with Crippen LogP contribution in [0.25, 0.3) is 10.1 Å². The van der Waals surface area contributed by atoms with Gasteiger partial charge in [0.25, 0.3) is 0 Å². The summed E-state index contributed by atoms with van der Waals surface area (Å²) >= 11 is 1.60. The third-order valence-electron chi connectivity index (χ3n) is 2.21. The summed E-state index contributed by atoms with van der Waals surface area (Å²) in [5.74, 6) is 0.501. The third kappa shape index (κ3) is 1.75. The Hall–Kier alpha value is -1.35. The summed E-state index contributed by atoms with van der Waals surface area (Å²) in [7, 11) is 0. The molecule has 15 heavy (non-hydrogen) atoms. The van der Waals surface area contributed by atoms with Crippen LogP contribution in [0.4, 0.5) is 0 Å². The molecule has 1 heterocycles. The molecule has 0 spiro atoms. The molecular weight excluding hydrogens is 208 g/mol. The number of hydrogen-bond donors (Lipinski definition) is 0. The van der Waals surface area contributed by atoms with Crippen LogP contribution in [0.5, 0.6) is 5.75 Å². The Balaban J connectivity index is 2.78. The molecule has 0 saturated heterocycles. The standard InChI is InChI=1S/C12H12O2S/c1-3-14-12-8(2)15-10-7-5-4-6-9(10)11(12)13/h4-7H,3H2,1-2H3. The zero-order chi connectivity index (χ0) is 10.8. The molecule has 0 fully saturated rings. The van der Waals surface area contributed by atoms with Gasteiger partial charge < -0.3 is 4.74 Å². The van der Waals surface area contributed by atoms with E-state index in [-0.39, 0.29) is 5.43 Å². The van der Waals surface area contributed by atoms with E-state index in [0.717, 1.165) is 15.0 Å². The van der Waals surface area contributed by atoms with Gasteiger partial charge in [0.05, 0.1) is 6.61 Å². The van der Waals surface area contributed by atoms with Gasteiger partial charge in [-0.05, 0) is 26.0 Å². The summed E-state index contributed by atoms with van der Waals surface area (Å²) in [4.78, 5) is 13.0. The van der Waals surface area contributed by atoms with E-state index in [2.05, 4.69) is 0 Å². The van der Waals surface area contributed by atoms with Crippen molar-refractivity contribution in [2.45, 2.75) is 13.8 Å². The molecule has 0 aliphatic carbocycles. The van der Waals surface area contributed by atoms with Crippen LogP contribution in [0, 0.1) is 6.92 Å². The zero-order valence-corrected chi connectivity index (χ0v) is 9.56. The van der Waals surface area contributed by atoms with Gasteiger partial charge in [0.1, 0.15) is 0 Å². The normalized spacial score (nSPS) is 10.5. The molecule has 0 aliphatic heterocycles. The summed E-state index contributed by atoms with van der Waals surface area (Å²) in [5.41, 5.74) is 0.00343. The van der Waals surface area contributed by atoms with Crippen molar-refractivity contribution in [1.29, 1.82) is 0 Å². The third-order valence-corrected chi connectivity index (χ3v) is 3.28. The first-order chi connectivity index (χ1) is 7.24. The Morgan fingerprint density at radius 3 is 2.80 bits per heavy atom. The van der Waals surface area contributed by atoms with Crippen LogP contribution in [0.15, 0.2) is 29.1 Å². The molecule has 0 bridgehead atoms. The first-order valence-corrected chi connectivity index (χ1v) is 5.71. The lowest BCUT2D eigenvalue weighted by Crippen LogP contribution is -2.08. The molecule has 3 heteroatoms. The highest BCUT2D eigenvalue weighted by Crippen LogP contribution is 2.25. The SMILES string of the molecule is CCOc1c(C)sc2ccccc2c1=O. The Morgan fingerprint density at radius 2 is 2.07 bits per heavy atom. The van der Waals surface area contributed by atoms with Crippen LogP contribution in [0.2, 0.25) is 0 Å². The van der Waals surface area contributed by atoms with Crippen molar-refractivity contribution in [3.8, 4) is 5.75 Å². The topological polar surface area (TPSA) is 26.3 Å². The maximum atomic E-state index is 12.0. The largest absolute Gasteiger partial charge is 0.489 e. The van der Waals surface area contributed by atoms with E-state index in [0.29, 0.717) is 12.4 Å². The van der Waals surface area contributed by atoms with E-state index in [9.17, 15) is 4.79 Å². The molecule has 78 valence electrons. The molecule has 0 radical (unpaired) electrons. The van der Waals surface area contributed by atoms with Crippen molar-refractivity contribution in [2.75, 3.05) is 6.61 Å². The summed E-state index contributed by atoms with van der Waals surface area (Å²) in [6.45, 7) is 4.34. The van der Waals surface area contributed by atoms with E-state index in [4.69, 9.17) is 4.74 Å². The second-order valence-electron chi connectivity index (χ2n) is 3.25. The first-order valence-electron chi connectivity index (χ1n) is 4.89. The predicted molar refractivity (Wildman–Crippen MR) is 64.0 cm³/mol. The predicted octanol–water partition coefficient (Wildman–Crippen LogP) is 2.97. The molecular formula is C12H12O2S. The summed E-state index contributed by atoms with van der Waals surface area (Å²) < 4.78 is 6.39. The van der Waals surface area contributed by atoms with Crippen molar-refractivity contribution < 1.29 is 4.74 Å². The van der Waals surface area contributed by atoms with Crippen molar-refractivity contribution in [3.63, 3.8) is 0 Å². The highest BCUT2D eigenvalue weighted by atomic mass is 32.1. The molecule has 2 rings (SSSR count). The lowest BCUT2D eigenvalue weighted by atomic mass is 10.2. The van der Waals surface area contributed by atoms with Crippen molar-refractivity contribution in [2.24, 2.45) is 0 Å². The van der Waals surface area contributed by atoms with Gasteiger partial charge in [0.15, 0.2) is 5.75 Å². The smallest absolute Gasteiger partial charge is 0.230 e. The number of hydrogen-bond acceptors (Lipinski definition) is 3. The van der Waals surface area contributed by atoms with Crippen LogP contribution < -0.4 is 10.2 Å². The van der Waals surface area contributed by atoms with E-state index in [1.54, 1.807) is 11.3 Å². The number of ether oxygens (including phenoxy) is 1. The van der Waals surface area contributed by atoms with Crippen LogP contribution in [0.3, 0.4) is 0 Å². The van der Waals surface area contributed by atoms with Gasteiger partial charge >= 0.3 is 0 Å². The molecule has 0 saturated carbocycles. The Kier molecular flexibility index (Phi) is 2.73. The maximum absolute atomic E-state index is 12.0. The highest BCUT2D eigenvalue weighted by molar-refractivity contribution is 7.18. The van der Waals surface area contributed by atoms with E-state index < -0.39 is 0 Å². The molecule has 2 nitrogen and oxygen atoms in total. The average Bonchev–Trinajstić information content (AvgIpc) is 2.24. The Bertz CT molecular complexity index is 543. The summed E-state index contributed by atoms with van der Waals surface area (Å²) in [5, 5.41) is 0.747. The summed E-state index contributed by atoms with van der Waals surface area (Å²) in [6.07, 6.45) is 0. The molecule has 2 aromatic rings. The first kappa shape index (κ1) is 10.2. The molecule has 1 aromatic carbocycles. The molecule has 0 unspecified atom stereocenters. The van der Waals surface area contributed by atoms with Crippen LogP contribution in [0.1, 0.15) is 11.8 Å². The molecule has 0 N–H and O–H groups in total. The van der Waals surface area contributed by atoms with E-state index in [1.165, 1.54) is 0 Å². The van der Waals surface area contributed by atoms with E-state index >= 15 is 0 Å². The lowest BCUT2D eigenvalue weighted by Gasteiger charge is -2.06. The number of aryl methyl sites for hydroxylation is 1. The minimum absolute atomic E-state index is 0.00343. The van der Waals surface area contributed by atoms with Crippen molar-refractivity contribution in [3.05, 3.63) is 39.4 Å².